The number of nitrogens with zero attached hydrogens (tertiary/aromatic N) is 1. The first kappa shape index (κ1) is 18.4. The third-order valence-electron chi connectivity index (χ3n) is 2.42. The van der Waals surface area contributed by atoms with Crippen molar-refractivity contribution in [2.24, 2.45) is 0 Å². The number of rotatable bonds is 3. The molecule has 100 valence electrons. The van der Waals surface area contributed by atoms with E-state index in [9.17, 15) is 0 Å². The van der Waals surface area contributed by atoms with Crippen molar-refractivity contribution in [1.82, 2.24) is 0 Å². The minimum atomic E-state index is 1.11. The van der Waals surface area contributed by atoms with Crippen LogP contribution in [0.4, 0.5) is 5.69 Å². The summed E-state index contributed by atoms with van der Waals surface area (Å²) in [5.41, 5.74) is 4.21. The van der Waals surface area contributed by atoms with Gasteiger partial charge in [-0.3, -0.25) is 0 Å². The van der Waals surface area contributed by atoms with E-state index in [1.807, 2.05) is 27.7 Å². The Balaban J connectivity index is 0. The highest BCUT2D eigenvalue weighted by Crippen LogP contribution is 2.21. The highest BCUT2D eigenvalue weighted by Gasteiger charge is 2.02. The molecule has 0 atom stereocenters. The zero-order valence-electron chi connectivity index (χ0n) is 13.1. The van der Waals surface area contributed by atoms with Crippen LogP contribution in [0.5, 0.6) is 0 Å². The monoisotopic (exact) mass is 237 g/mol. The van der Waals surface area contributed by atoms with Crippen LogP contribution in [0.15, 0.2) is 18.2 Å². The zero-order chi connectivity index (χ0) is 13.8. The van der Waals surface area contributed by atoms with Crippen molar-refractivity contribution in [3.63, 3.8) is 0 Å². The van der Waals surface area contributed by atoms with E-state index in [1.165, 1.54) is 16.8 Å². The molecule has 1 nitrogen and oxygen atoms in total. The molecule has 0 saturated heterocycles. The molecule has 0 unspecified atom stereocenters. The third kappa shape index (κ3) is 6.35. The second-order valence-electron chi connectivity index (χ2n) is 3.56. The summed E-state index contributed by atoms with van der Waals surface area (Å²) in [7, 11) is 4.21. The van der Waals surface area contributed by atoms with Crippen molar-refractivity contribution < 1.29 is 0 Å². The molecule has 0 aliphatic carbocycles. The molecule has 0 spiro atoms. The van der Waals surface area contributed by atoms with Gasteiger partial charge in [-0.2, -0.15) is 0 Å². The van der Waals surface area contributed by atoms with Gasteiger partial charge in [0.1, 0.15) is 0 Å². The minimum Gasteiger partial charge on any atom is -0.377 e. The molecule has 0 fully saturated rings. The minimum absolute atomic E-state index is 1.11. The van der Waals surface area contributed by atoms with Gasteiger partial charge in [-0.05, 0) is 30.0 Å². The second-order valence-corrected chi connectivity index (χ2v) is 3.56. The van der Waals surface area contributed by atoms with E-state index < -0.39 is 0 Å². The van der Waals surface area contributed by atoms with Crippen molar-refractivity contribution in [3.8, 4) is 0 Å². The molecular formula is C16H31N. The second kappa shape index (κ2) is 11.5. The molecule has 0 bridgehead atoms. The lowest BCUT2D eigenvalue weighted by molar-refractivity contribution is 1.04. The molecule has 17 heavy (non-hydrogen) atoms. The molecule has 1 aromatic rings. The van der Waals surface area contributed by atoms with Gasteiger partial charge in [0.15, 0.2) is 0 Å². The number of aryl methyl sites for hydroxylation is 2. The van der Waals surface area contributed by atoms with Crippen LogP contribution in [0.25, 0.3) is 0 Å². The Morgan fingerprint density at radius 2 is 1.41 bits per heavy atom. The third-order valence-corrected chi connectivity index (χ3v) is 2.42. The maximum absolute atomic E-state index is 2.29. The number of hydrogen-bond acceptors (Lipinski definition) is 1. The standard InChI is InChI=1S/C12H19N.2C2H6/c1-5-10-7-8-11(6-2)12(9-10)13(3)4;2*1-2/h7-9H,5-6H2,1-4H3;2*1-2H3. The summed E-state index contributed by atoms with van der Waals surface area (Å²) in [4.78, 5) is 2.19. The van der Waals surface area contributed by atoms with E-state index in [-0.39, 0.29) is 0 Å². The SMILES string of the molecule is CC.CC.CCc1ccc(CC)c(N(C)C)c1. The predicted octanol–water partition coefficient (Wildman–Crippen LogP) is 4.93. The van der Waals surface area contributed by atoms with Gasteiger partial charge >= 0.3 is 0 Å². The average molecular weight is 237 g/mol. The highest BCUT2D eigenvalue weighted by molar-refractivity contribution is 5.54. The Kier molecular flexibility index (Phi) is 12.4. The Hall–Kier alpha value is -0.980. The van der Waals surface area contributed by atoms with E-state index in [4.69, 9.17) is 0 Å². The quantitative estimate of drug-likeness (QED) is 0.720. The van der Waals surface area contributed by atoms with Crippen LogP contribution in [-0.4, -0.2) is 14.1 Å². The van der Waals surface area contributed by atoms with Gasteiger partial charge in [-0.15, -0.1) is 0 Å². The summed E-state index contributed by atoms with van der Waals surface area (Å²) in [6.07, 6.45) is 2.22. The largest absolute Gasteiger partial charge is 0.377 e. The van der Waals surface area contributed by atoms with Crippen molar-refractivity contribution in [2.75, 3.05) is 19.0 Å². The molecular weight excluding hydrogens is 206 g/mol. The van der Waals surface area contributed by atoms with Gasteiger partial charge in [-0.25, -0.2) is 0 Å². The van der Waals surface area contributed by atoms with Gasteiger partial charge in [-0.1, -0.05) is 53.7 Å². The molecule has 0 aliphatic rings. The molecule has 0 N–H and O–H groups in total. The normalized spacial score (nSPS) is 8.47. The van der Waals surface area contributed by atoms with E-state index in [1.54, 1.807) is 0 Å². The van der Waals surface area contributed by atoms with E-state index in [2.05, 4.69) is 51.0 Å². The van der Waals surface area contributed by atoms with Crippen LogP contribution in [0.1, 0.15) is 52.7 Å². The van der Waals surface area contributed by atoms with Crippen molar-refractivity contribution >= 4 is 5.69 Å². The molecule has 0 heterocycles. The molecule has 0 radical (unpaired) electrons. The number of hydrogen-bond donors (Lipinski definition) is 0. The van der Waals surface area contributed by atoms with Crippen molar-refractivity contribution in [1.29, 1.82) is 0 Å². The van der Waals surface area contributed by atoms with Gasteiger partial charge in [0.05, 0.1) is 0 Å². The smallest absolute Gasteiger partial charge is 0.0396 e. The lowest BCUT2D eigenvalue weighted by Gasteiger charge is -2.17. The first-order chi connectivity index (χ1) is 8.19. The summed E-state index contributed by atoms with van der Waals surface area (Å²) >= 11 is 0. The summed E-state index contributed by atoms with van der Waals surface area (Å²) in [5, 5.41) is 0. The van der Waals surface area contributed by atoms with Crippen LogP contribution in [0.2, 0.25) is 0 Å². The van der Waals surface area contributed by atoms with E-state index >= 15 is 0 Å². The van der Waals surface area contributed by atoms with Gasteiger partial charge in [0.2, 0.25) is 0 Å². The van der Waals surface area contributed by atoms with Gasteiger partial charge in [0, 0.05) is 19.8 Å². The van der Waals surface area contributed by atoms with Crippen LogP contribution >= 0.6 is 0 Å². The fourth-order valence-corrected chi connectivity index (χ4v) is 1.54. The highest BCUT2D eigenvalue weighted by atomic mass is 15.1. The molecule has 0 saturated carbocycles. The Labute approximate surface area is 109 Å². The van der Waals surface area contributed by atoms with Crippen LogP contribution in [-0.2, 0) is 12.8 Å². The van der Waals surface area contributed by atoms with Gasteiger partial charge in [0.25, 0.3) is 0 Å². The van der Waals surface area contributed by atoms with Crippen LogP contribution < -0.4 is 4.90 Å². The lowest BCUT2D eigenvalue weighted by atomic mass is 10.0. The van der Waals surface area contributed by atoms with Crippen LogP contribution in [0, 0.1) is 0 Å². The molecule has 0 amide bonds. The Morgan fingerprint density at radius 3 is 1.76 bits per heavy atom. The maximum Gasteiger partial charge on any atom is 0.0396 e. The molecule has 0 aromatic heterocycles. The first-order valence-electron chi connectivity index (χ1n) is 6.98. The molecule has 1 rings (SSSR count). The summed E-state index contributed by atoms with van der Waals surface area (Å²) in [6.45, 7) is 12.4. The predicted molar refractivity (Wildman–Crippen MR) is 82.2 cm³/mol. The summed E-state index contributed by atoms with van der Waals surface area (Å²) in [6, 6.07) is 6.76. The lowest BCUT2D eigenvalue weighted by Crippen LogP contribution is -2.11. The summed E-state index contributed by atoms with van der Waals surface area (Å²) in [5.74, 6) is 0. The number of anilines is 1. The van der Waals surface area contributed by atoms with Crippen molar-refractivity contribution in [3.05, 3.63) is 29.3 Å². The molecule has 0 aliphatic heterocycles. The first-order valence-corrected chi connectivity index (χ1v) is 6.98. The summed E-state index contributed by atoms with van der Waals surface area (Å²) < 4.78 is 0. The number of benzene rings is 1. The fourth-order valence-electron chi connectivity index (χ4n) is 1.54. The molecule has 1 heteroatoms. The van der Waals surface area contributed by atoms with Crippen LogP contribution in [0.3, 0.4) is 0 Å². The van der Waals surface area contributed by atoms with E-state index in [0.717, 1.165) is 12.8 Å². The van der Waals surface area contributed by atoms with E-state index in [0.29, 0.717) is 0 Å². The molecule has 1 aromatic carbocycles. The average Bonchev–Trinajstić information content (AvgIpc) is 2.42. The Morgan fingerprint density at radius 1 is 0.882 bits per heavy atom. The van der Waals surface area contributed by atoms with Gasteiger partial charge < -0.3 is 4.90 Å². The topological polar surface area (TPSA) is 3.24 Å². The zero-order valence-corrected chi connectivity index (χ0v) is 13.1. The van der Waals surface area contributed by atoms with Crippen molar-refractivity contribution in [2.45, 2.75) is 54.4 Å². The Bertz CT molecular complexity index is 277. The maximum atomic E-state index is 2.29. The fraction of sp³-hybridized carbons (Fsp3) is 0.625.